The molecular weight excluding hydrogens is 296 g/mol. The summed E-state index contributed by atoms with van der Waals surface area (Å²) in [7, 11) is 0. The van der Waals surface area contributed by atoms with E-state index in [1.807, 2.05) is 0 Å². The summed E-state index contributed by atoms with van der Waals surface area (Å²) in [5.41, 5.74) is 7.16. The first-order chi connectivity index (χ1) is 11.9. The van der Waals surface area contributed by atoms with Gasteiger partial charge in [0.05, 0.1) is 0 Å². The fourth-order valence-electron chi connectivity index (χ4n) is 4.46. The Morgan fingerprint density at radius 1 is 0.792 bits per heavy atom. The number of rotatable bonds is 1. The van der Waals surface area contributed by atoms with Gasteiger partial charge in [0.25, 0.3) is 0 Å². The number of ether oxygens (including phenoxy) is 2. The molecule has 1 heterocycles. The molecule has 122 valence electrons. The summed E-state index contributed by atoms with van der Waals surface area (Å²) >= 11 is 0. The van der Waals surface area contributed by atoms with Gasteiger partial charge in [-0.25, -0.2) is 0 Å². The van der Waals surface area contributed by atoms with Crippen LogP contribution in [0.1, 0.15) is 41.5 Å². The van der Waals surface area contributed by atoms with Crippen LogP contribution >= 0.6 is 0 Å². The van der Waals surface area contributed by atoms with Crippen molar-refractivity contribution in [1.29, 1.82) is 0 Å². The van der Waals surface area contributed by atoms with Gasteiger partial charge in [0.15, 0.2) is 5.76 Å². The van der Waals surface area contributed by atoms with Crippen molar-refractivity contribution in [2.24, 2.45) is 0 Å². The third-order valence-corrected chi connectivity index (χ3v) is 5.59. The van der Waals surface area contributed by atoms with Crippen molar-refractivity contribution in [3.8, 4) is 0 Å². The predicted octanol–water partition coefficient (Wildman–Crippen LogP) is 4.94. The molecule has 3 aliphatic rings. The summed E-state index contributed by atoms with van der Waals surface area (Å²) in [6.07, 6.45) is 11.4. The predicted molar refractivity (Wildman–Crippen MR) is 96.9 cm³/mol. The molecule has 2 aliphatic carbocycles. The minimum Gasteiger partial charge on any atom is -0.494 e. The van der Waals surface area contributed by atoms with Crippen LogP contribution in [0.4, 0.5) is 0 Å². The fourth-order valence-corrected chi connectivity index (χ4v) is 4.46. The second kappa shape index (κ2) is 5.70. The molecule has 2 aromatic rings. The summed E-state index contributed by atoms with van der Waals surface area (Å²) < 4.78 is 11.3. The van der Waals surface area contributed by atoms with Gasteiger partial charge in [-0.15, -0.1) is 0 Å². The van der Waals surface area contributed by atoms with Crippen molar-refractivity contribution in [2.75, 3.05) is 13.2 Å². The van der Waals surface area contributed by atoms with Crippen molar-refractivity contribution in [1.82, 2.24) is 0 Å². The van der Waals surface area contributed by atoms with Crippen LogP contribution in [0.5, 0.6) is 0 Å². The molecule has 0 amide bonds. The zero-order chi connectivity index (χ0) is 15.9. The topological polar surface area (TPSA) is 18.5 Å². The van der Waals surface area contributed by atoms with E-state index in [0.717, 1.165) is 18.6 Å². The van der Waals surface area contributed by atoms with Crippen LogP contribution in [0.25, 0.3) is 16.3 Å². The van der Waals surface area contributed by atoms with Crippen LogP contribution < -0.4 is 0 Å². The Kier molecular flexibility index (Phi) is 3.36. The first-order valence-electron chi connectivity index (χ1n) is 9.13. The molecule has 0 unspecified atom stereocenters. The number of aryl methyl sites for hydroxylation is 3. The van der Waals surface area contributed by atoms with Gasteiger partial charge < -0.3 is 9.47 Å². The van der Waals surface area contributed by atoms with Gasteiger partial charge in [0.2, 0.25) is 0 Å². The lowest BCUT2D eigenvalue weighted by molar-refractivity contribution is 0.0940. The van der Waals surface area contributed by atoms with Crippen molar-refractivity contribution < 1.29 is 9.47 Å². The quantitative estimate of drug-likeness (QED) is 0.742. The average molecular weight is 318 g/mol. The summed E-state index contributed by atoms with van der Waals surface area (Å²) in [6.45, 7) is 1.28. The van der Waals surface area contributed by atoms with Crippen molar-refractivity contribution in [3.05, 3.63) is 64.6 Å². The van der Waals surface area contributed by atoms with Crippen molar-refractivity contribution in [3.63, 3.8) is 0 Å². The van der Waals surface area contributed by atoms with Crippen LogP contribution in [0, 0.1) is 0 Å². The molecule has 0 fully saturated rings. The molecule has 24 heavy (non-hydrogen) atoms. The maximum absolute atomic E-state index is 5.84. The van der Waals surface area contributed by atoms with Gasteiger partial charge in [-0.3, -0.25) is 0 Å². The largest absolute Gasteiger partial charge is 0.494 e. The molecule has 0 saturated carbocycles. The van der Waals surface area contributed by atoms with E-state index in [1.54, 1.807) is 17.4 Å². The smallest absolute Gasteiger partial charge is 0.161 e. The number of allylic oxidation sites excluding steroid dienone is 2. The lowest BCUT2D eigenvalue weighted by atomic mass is 9.82. The molecular formula is C22H22O2. The van der Waals surface area contributed by atoms with E-state index < -0.39 is 0 Å². The molecule has 0 spiro atoms. The Morgan fingerprint density at radius 2 is 1.67 bits per heavy atom. The zero-order valence-corrected chi connectivity index (χ0v) is 13.9. The first-order valence-corrected chi connectivity index (χ1v) is 9.13. The third kappa shape index (κ3) is 2.16. The van der Waals surface area contributed by atoms with Crippen LogP contribution in [0.15, 0.2) is 42.4 Å². The van der Waals surface area contributed by atoms with Crippen molar-refractivity contribution in [2.45, 2.75) is 38.5 Å². The molecule has 2 aromatic carbocycles. The monoisotopic (exact) mass is 318 g/mol. The second-order valence-electron chi connectivity index (χ2n) is 6.95. The summed E-state index contributed by atoms with van der Waals surface area (Å²) in [4.78, 5) is 0. The van der Waals surface area contributed by atoms with Crippen molar-refractivity contribution >= 4 is 16.3 Å². The Hall–Kier alpha value is -2.22. The highest BCUT2D eigenvalue weighted by Crippen LogP contribution is 2.39. The fraction of sp³-hybridized carbons (Fsp3) is 0.364. The minimum atomic E-state index is 0.638. The van der Waals surface area contributed by atoms with Gasteiger partial charge in [-0.05, 0) is 71.6 Å². The molecule has 0 bridgehead atoms. The summed E-state index contributed by atoms with van der Waals surface area (Å²) in [6, 6.07) is 9.36. The lowest BCUT2D eigenvalue weighted by Gasteiger charge is -2.25. The van der Waals surface area contributed by atoms with E-state index in [0.29, 0.717) is 13.2 Å². The third-order valence-electron chi connectivity index (χ3n) is 5.59. The van der Waals surface area contributed by atoms with Gasteiger partial charge in [-0.1, -0.05) is 30.3 Å². The Bertz CT molecular complexity index is 873. The summed E-state index contributed by atoms with van der Waals surface area (Å²) in [5.74, 6) is 0.888. The molecule has 0 radical (unpaired) electrons. The van der Waals surface area contributed by atoms with E-state index in [2.05, 4.69) is 30.3 Å². The number of hydrogen-bond acceptors (Lipinski definition) is 2. The van der Waals surface area contributed by atoms with Crippen LogP contribution in [-0.2, 0) is 28.7 Å². The second-order valence-corrected chi connectivity index (χ2v) is 6.95. The maximum Gasteiger partial charge on any atom is 0.161 e. The number of fused-ring (bicyclic) bond motifs is 5. The van der Waals surface area contributed by atoms with E-state index in [1.165, 1.54) is 53.2 Å². The summed E-state index contributed by atoms with van der Waals surface area (Å²) in [5, 5.41) is 2.91. The zero-order valence-electron chi connectivity index (χ0n) is 13.9. The lowest BCUT2D eigenvalue weighted by Crippen LogP contribution is -2.12. The Balaban J connectivity index is 1.68. The molecule has 2 nitrogen and oxygen atoms in total. The van der Waals surface area contributed by atoms with Crippen LogP contribution in [0.3, 0.4) is 0 Å². The molecule has 2 heteroatoms. The molecule has 0 N–H and O–H groups in total. The van der Waals surface area contributed by atoms with E-state index in [4.69, 9.17) is 9.47 Å². The Morgan fingerprint density at radius 3 is 2.58 bits per heavy atom. The first kappa shape index (κ1) is 14.2. The molecule has 5 rings (SSSR count). The standard InChI is InChI=1S/C22H22O2/c1-2-5-16-15(4-1)8-9-19-17-6-3-7-21(20(17)11-10-18(16)19)22-14-23-12-13-24-22/h7-11,14H,1-6,12-13H2. The van der Waals surface area contributed by atoms with Gasteiger partial charge in [0, 0.05) is 5.57 Å². The molecule has 1 aliphatic heterocycles. The highest BCUT2D eigenvalue weighted by Gasteiger charge is 2.22. The normalized spacial score (nSPS) is 19.5. The highest BCUT2D eigenvalue weighted by molar-refractivity contribution is 5.95. The van der Waals surface area contributed by atoms with Crippen LogP contribution in [-0.4, -0.2) is 13.2 Å². The average Bonchev–Trinajstić information content (AvgIpc) is 2.67. The van der Waals surface area contributed by atoms with Gasteiger partial charge >= 0.3 is 0 Å². The maximum atomic E-state index is 5.84. The SMILES string of the molecule is C1=C(C2=CCCc3c2ccc2c4c(ccc32)CCCC4)OCCO1. The molecule has 0 aromatic heterocycles. The van der Waals surface area contributed by atoms with Gasteiger partial charge in [-0.2, -0.15) is 0 Å². The van der Waals surface area contributed by atoms with E-state index in [9.17, 15) is 0 Å². The van der Waals surface area contributed by atoms with E-state index in [-0.39, 0.29) is 0 Å². The van der Waals surface area contributed by atoms with Crippen LogP contribution in [0.2, 0.25) is 0 Å². The molecule has 0 atom stereocenters. The van der Waals surface area contributed by atoms with Gasteiger partial charge in [0.1, 0.15) is 19.5 Å². The number of hydrogen-bond donors (Lipinski definition) is 0. The minimum absolute atomic E-state index is 0.638. The molecule has 0 saturated heterocycles. The highest BCUT2D eigenvalue weighted by atomic mass is 16.6. The number of benzene rings is 2. The Labute approximate surface area is 142 Å². The van der Waals surface area contributed by atoms with E-state index >= 15 is 0 Å².